The number of ether oxygens (including phenoxy) is 1. The van der Waals surface area contributed by atoms with E-state index in [1.54, 1.807) is 11.8 Å². The van der Waals surface area contributed by atoms with Crippen molar-refractivity contribution >= 4 is 17.7 Å². The van der Waals surface area contributed by atoms with Crippen LogP contribution in [0.5, 0.6) is 0 Å². The van der Waals surface area contributed by atoms with Crippen LogP contribution in [-0.4, -0.2) is 56.6 Å². The van der Waals surface area contributed by atoms with E-state index in [-0.39, 0.29) is 18.1 Å². The first-order chi connectivity index (χ1) is 12.1. The van der Waals surface area contributed by atoms with Crippen LogP contribution in [-0.2, 0) is 9.53 Å². The molecule has 3 fully saturated rings. The van der Waals surface area contributed by atoms with Gasteiger partial charge >= 0.3 is 0 Å². The number of nitrogens with zero attached hydrogens (tertiary/aromatic N) is 4. The molecule has 138 valence electrons. The van der Waals surface area contributed by atoms with Gasteiger partial charge in [-0.2, -0.15) is 0 Å². The number of hydrogen-bond donors (Lipinski definition) is 0. The Hall–Kier alpha value is -1.08. The second-order valence-electron chi connectivity index (χ2n) is 7.73. The minimum atomic E-state index is 0.224. The summed E-state index contributed by atoms with van der Waals surface area (Å²) >= 11 is 1.55. The maximum atomic E-state index is 12.9. The van der Waals surface area contributed by atoms with Crippen LogP contribution in [0, 0.1) is 0 Å². The Morgan fingerprint density at radius 3 is 2.80 bits per heavy atom. The van der Waals surface area contributed by atoms with E-state index in [0.29, 0.717) is 24.3 Å². The molecule has 0 spiro atoms. The maximum absolute atomic E-state index is 12.9. The summed E-state index contributed by atoms with van der Waals surface area (Å²) in [6.07, 6.45) is 7.25. The Balaban J connectivity index is 1.42. The SMILES string of the molecule is CC(C)c1nnc(SCC(=O)N2CCOC3CCCCC32)n1C1CC1. The third kappa shape index (κ3) is 3.58. The Kier molecular flexibility index (Phi) is 5.04. The summed E-state index contributed by atoms with van der Waals surface area (Å²) in [6, 6.07) is 0.819. The molecule has 2 saturated carbocycles. The Morgan fingerprint density at radius 2 is 2.04 bits per heavy atom. The van der Waals surface area contributed by atoms with E-state index < -0.39 is 0 Å². The third-order valence-corrected chi connectivity index (χ3v) is 6.42. The van der Waals surface area contributed by atoms with Crippen LogP contribution in [0.15, 0.2) is 5.16 Å². The highest BCUT2D eigenvalue weighted by atomic mass is 32.2. The second-order valence-corrected chi connectivity index (χ2v) is 8.68. The summed E-state index contributed by atoms with van der Waals surface area (Å²) in [5, 5.41) is 9.67. The second kappa shape index (κ2) is 7.27. The van der Waals surface area contributed by atoms with Crippen LogP contribution in [0.4, 0.5) is 0 Å². The van der Waals surface area contributed by atoms with Gasteiger partial charge in [0.25, 0.3) is 0 Å². The van der Waals surface area contributed by atoms with E-state index in [9.17, 15) is 4.79 Å². The van der Waals surface area contributed by atoms with Gasteiger partial charge in [0.15, 0.2) is 5.16 Å². The number of amides is 1. The van der Waals surface area contributed by atoms with Gasteiger partial charge in [0.2, 0.25) is 5.91 Å². The zero-order chi connectivity index (χ0) is 17.4. The van der Waals surface area contributed by atoms with Gasteiger partial charge in [-0.15, -0.1) is 10.2 Å². The van der Waals surface area contributed by atoms with Crippen molar-refractivity contribution in [3.8, 4) is 0 Å². The lowest BCUT2D eigenvalue weighted by molar-refractivity contribution is -0.146. The molecule has 0 aromatic carbocycles. The van der Waals surface area contributed by atoms with Gasteiger partial charge in [-0.25, -0.2) is 0 Å². The number of hydrogen-bond acceptors (Lipinski definition) is 5. The van der Waals surface area contributed by atoms with Crippen molar-refractivity contribution in [1.29, 1.82) is 0 Å². The molecule has 6 nitrogen and oxygen atoms in total. The van der Waals surface area contributed by atoms with Crippen molar-refractivity contribution in [2.45, 2.75) is 81.6 Å². The summed E-state index contributed by atoms with van der Waals surface area (Å²) in [4.78, 5) is 14.9. The highest BCUT2D eigenvalue weighted by molar-refractivity contribution is 7.99. The van der Waals surface area contributed by atoms with Crippen LogP contribution in [0.1, 0.15) is 70.2 Å². The van der Waals surface area contributed by atoms with Gasteiger partial charge in [0.1, 0.15) is 5.82 Å². The molecule has 0 bridgehead atoms. The zero-order valence-electron chi connectivity index (χ0n) is 15.2. The number of rotatable bonds is 5. The van der Waals surface area contributed by atoms with E-state index in [4.69, 9.17) is 4.74 Å². The highest BCUT2D eigenvalue weighted by Gasteiger charge is 2.37. The summed E-state index contributed by atoms with van der Waals surface area (Å²) in [5.74, 6) is 2.09. The fourth-order valence-electron chi connectivity index (χ4n) is 4.07. The maximum Gasteiger partial charge on any atom is 0.233 e. The number of carbonyl (C=O) groups is 1. The van der Waals surface area contributed by atoms with Crippen LogP contribution in [0.2, 0.25) is 0 Å². The minimum absolute atomic E-state index is 0.224. The molecule has 1 saturated heterocycles. The molecular formula is C18H28N4O2S. The van der Waals surface area contributed by atoms with Gasteiger partial charge in [-0.05, 0) is 25.7 Å². The highest BCUT2D eigenvalue weighted by Crippen LogP contribution is 2.40. The van der Waals surface area contributed by atoms with E-state index in [1.165, 1.54) is 25.7 Å². The fourth-order valence-corrected chi connectivity index (χ4v) is 4.97. The standard InChI is InChI=1S/C18H28N4O2S/c1-12(2)17-19-20-18(22(17)13-7-8-13)25-11-16(23)21-9-10-24-15-6-4-3-5-14(15)21/h12-15H,3-11H2,1-2H3. The summed E-state index contributed by atoms with van der Waals surface area (Å²) < 4.78 is 8.16. The topological polar surface area (TPSA) is 60.3 Å². The molecule has 3 aliphatic rings. The van der Waals surface area contributed by atoms with Gasteiger partial charge < -0.3 is 14.2 Å². The monoisotopic (exact) mass is 364 g/mol. The smallest absolute Gasteiger partial charge is 0.233 e. The summed E-state index contributed by atoms with van der Waals surface area (Å²) in [7, 11) is 0. The molecule has 2 aliphatic carbocycles. The van der Waals surface area contributed by atoms with Crippen LogP contribution >= 0.6 is 11.8 Å². The quantitative estimate of drug-likeness (QED) is 0.752. The molecule has 0 radical (unpaired) electrons. The number of fused-ring (bicyclic) bond motifs is 1. The van der Waals surface area contributed by atoms with Gasteiger partial charge in [0.05, 0.1) is 24.5 Å². The predicted octanol–water partition coefficient (Wildman–Crippen LogP) is 3.00. The molecule has 2 unspecified atom stereocenters. The van der Waals surface area contributed by atoms with Crippen molar-refractivity contribution < 1.29 is 9.53 Å². The molecule has 1 aliphatic heterocycles. The molecule has 0 N–H and O–H groups in total. The first kappa shape index (κ1) is 17.3. The van der Waals surface area contributed by atoms with E-state index in [2.05, 4.69) is 33.5 Å². The number of carbonyl (C=O) groups excluding carboxylic acids is 1. The van der Waals surface area contributed by atoms with Gasteiger partial charge in [-0.3, -0.25) is 4.79 Å². The van der Waals surface area contributed by atoms with Crippen LogP contribution < -0.4 is 0 Å². The minimum Gasteiger partial charge on any atom is -0.374 e. The molecule has 25 heavy (non-hydrogen) atoms. The lowest BCUT2D eigenvalue weighted by Gasteiger charge is -2.43. The van der Waals surface area contributed by atoms with Crippen molar-refractivity contribution in [2.24, 2.45) is 0 Å². The van der Waals surface area contributed by atoms with Crippen molar-refractivity contribution in [3.63, 3.8) is 0 Å². The van der Waals surface area contributed by atoms with Gasteiger partial charge in [0, 0.05) is 18.5 Å². The molecule has 2 heterocycles. The van der Waals surface area contributed by atoms with Crippen molar-refractivity contribution in [2.75, 3.05) is 18.9 Å². The predicted molar refractivity (Wildman–Crippen MR) is 96.8 cm³/mol. The fraction of sp³-hybridized carbons (Fsp3) is 0.833. The average molecular weight is 365 g/mol. The first-order valence-electron chi connectivity index (χ1n) is 9.64. The van der Waals surface area contributed by atoms with Crippen molar-refractivity contribution in [1.82, 2.24) is 19.7 Å². The van der Waals surface area contributed by atoms with Crippen LogP contribution in [0.3, 0.4) is 0 Å². The number of morpholine rings is 1. The van der Waals surface area contributed by atoms with Gasteiger partial charge in [-0.1, -0.05) is 38.5 Å². The molecule has 1 aromatic heterocycles. The first-order valence-corrected chi connectivity index (χ1v) is 10.6. The Morgan fingerprint density at radius 1 is 1.24 bits per heavy atom. The molecule has 1 aromatic rings. The van der Waals surface area contributed by atoms with E-state index >= 15 is 0 Å². The number of thioether (sulfide) groups is 1. The molecule has 1 amide bonds. The normalized spacial score (nSPS) is 26.8. The van der Waals surface area contributed by atoms with E-state index in [0.717, 1.165) is 30.4 Å². The largest absolute Gasteiger partial charge is 0.374 e. The zero-order valence-corrected chi connectivity index (χ0v) is 16.0. The van der Waals surface area contributed by atoms with Crippen LogP contribution in [0.25, 0.3) is 0 Å². The third-order valence-electron chi connectivity index (χ3n) is 5.50. The Labute approximate surface area is 153 Å². The lowest BCUT2D eigenvalue weighted by Crippen LogP contribution is -2.55. The lowest BCUT2D eigenvalue weighted by atomic mass is 9.90. The molecule has 2 atom stereocenters. The van der Waals surface area contributed by atoms with E-state index in [1.807, 2.05) is 0 Å². The average Bonchev–Trinajstić information content (AvgIpc) is 3.37. The Bertz CT molecular complexity index is 627. The molecule has 7 heteroatoms. The molecule has 4 rings (SSSR count). The summed E-state index contributed by atoms with van der Waals surface area (Å²) in [6.45, 7) is 5.71. The summed E-state index contributed by atoms with van der Waals surface area (Å²) in [5.41, 5.74) is 0. The number of aromatic nitrogens is 3. The van der Waals surface area contributed by atoms with Crippen molar-refractivity contribution in [3.05, 3.63) is 5.82 Å². The molecular weight excluding hydrogens is 336 g/mol.